The fraction of sp³-hybridized carbons (Fsp3) is 1.00. The Labute approximate surface area is 174 Å². The first-order valence-electron chi connectivity index (χ1n) is 11.9. The van der Waals surface area contributed by atoms with Crippen molar-refractivity contribution in [1.82, 2.24) is 0 Å². The SMILES string of the molecule is CCCCCCCCCCCCC[C@H](C[N+]1(N)CCCCCC1)CS(=O)(=O)O. The van der Waals surface area contributed by atoms with Gasteiger partial charge >= 0.3 is 0 Å². The van der Waals surface area contributed by atoms with Crippen LogP contribution >= 0.6 is 0 Å². The van der Waals surface area contributed by atoms with E-state index < -0.39 is 10.1 Å². The second-order valence-electron chi connectivity index (χ2n) is 9.20. The summed E-state index contributed by atoms with van der Waals surface area (Å²) in [7, 11) is -3.94. The van der Waals surface area contributed by atoms with Crippen LogP contribution in [0, 0.1) is 5.92 Å². The minimum Gasteiger partial charge on any atom is -0.286 e. The largest absolute Gasteiger partial charge is 0.286 e. The Morgan fingerprint density at radius 1 is 0.821 bits per heavy atom. The van der Waals surface area contributed by atoms with Crippen LogP contribution in [0.2, 0.25) is 0 Å². The topological polar surface area (TPSA) is 80.4 Å². The average molecular weight is 420 g/mol. The summed E-state index contributed by atoms with van der Waals surface area (Å²) in [5, 5.41) is 0. The molecule has 168 valence electrons. The molecule has 1 fully saturated rings. The molecular weight excluding hydrogens is 372 g/mol. The van der Waals surface area contributed by atoms with Gasteiger partial charge in [-0.25, -0.2) is 4.59 Å². The molecule has 0 radical (unpaired) electrons. The minimum absolute atomic E-state index is 0.0309. The van der Waals surface area contributed by atoms with Crippen LogP contribution < -0.4 is 5.84 Å². The quantitative estimate of drug-likeness (QED) is 0.151. The maximum atomic E-state index is 11.5. The number of hydrogen-bond acceptors (Lipinski definition) is 3. The first-order chi connectivity index (χ1) is 13.3. The molecule has 5 nitrogen and oxygen atoms in total. The van der Waals surface area contributed by atoms with Crippen LogP contribution in [0.25, 0.3) is 0 Å². The van der Waals surface area contributed by atoms with Gasteiger partial charge in [-0.05, 0) is 32.1 Å². The second-order valence-corrected chi connectivity index (χ2v) is 10.7. The van der Waals surface area contributed by atoms with Crippen LogP contribution in [-0.2, 0) is 10.1 Å². The molecule has 6 heteroatoms. The van der Waals surface area contributed by atoms with Crippen molar-refractivity contribution in [3.63, 3.8) is 0 Å². The van der Waals surface area contributed by atoms with Crippen molar-refractivity contribution in [3.05, 3.63) is 0 Å². The third-order valence-corrected chi connectivity index (χ3v) is 7.13. The van der Waals surface area contributed by atoms with E-state index in [9.17, 15) is 13.0 Å². The molecular formula is C22H47N2O3S+. The smallest absolute Gasteiger partial charge is 0.265 e. The van der Waals surface area contributed by atoms with Crippen molar-refractivity contribution in [2.75, 3.05) is 25.4 Å². The molecule has 0 unspecified atom stereocenters. The van der Waals surface area contributed by atoms with Crippen LogP contribution in [0.4, 0.5) is 0 Å². The van der Waals surface area contributed by atoms with E-state index in [1.54, 1.807) is 0 Å². The summed E-state index contributed by atoms with van der Waals surface area (Å²) in [6.45, 7) is 4.79. The molecule has 3 N–H and O–H groups in total. The molecule has 1 aliphatic rings. The van der Waals surface area contributed by atoms with Crippen molar-refractivity contribution >= 4 is 10.1 Å². The third kappa shape index (κ3) is 13.9. The van der Waals surface area contributed by atoms with E-state index in [4.69, 9.17) is 5.84 Å². The van der Waals surface area contributed by atoms with Crippen molar-refractivity contribution in [2.45, 2.75) is 110 Å². The predicted molar refractivity (Wildman–Crippen MR) is 119 cm³/mol. The van der Waals surface area contributed by atoms with Crippen molar-refractivity contribution in [3.8, 4) is 0 Å². The lowest BCUT2D eigenvalue weighted by atomic mass is 10.00. The van der Waals surface area contributed by atoms with E-state index in [0.717, 1.165) is 45.2 Å². The Balaban J connectivity index is 2.23. The summed E-state index contributed by atoms with van der Waals surface area (Å²) in [5.41, 5.74) is 0. The molecule has 0 spiro atoms. The van der Waals surface area contributed by atoms with Crippen molar-refractivity contribution < 1.29 is 17.6 Å². The highest BCUT2D eigenvalue weighted by molar-refractivity contribution is 7.85. The highest BCUT2D eigenvalue weighted by Gasteiger charge is 2.30. The van der Waals surface area contributed by atoms with Gasteiger partial charge in [0.15, 0.2) is 0 Å². The predicted octanol–water partition coefficient (Wildman–Crippen LogP) is 5.46. The molecule has 1 heterocycles. The lowest BCUT2D eigenvalue weighted by molar-refractivity contribution is -0.942. The zero-order chi connectivity index (χ0) is 20.7. The number of nitrogens with zero attached hydrogens (tertiary/aromatic N) is 1. The van der Waals surface area contributed by atoms with Crippen molar-refractivity contribution in [1.29, 1.82) is 0 Å². The Kier molecular flexibility index (Phi) is 13.6. The highest BCUT2D eigenvalue weighted by atomic mass is 32.2. The van der Waals surface area contributed by atoms with E-state index in [2.05, 4.69) is 6.92 Å². The summed E-state index contributed by atoms with van der Waals surface area (Å²) in [6, 6.07) is 0. The fourth-order valence-corrected chi connectivity index (χ4v) is 5.51. The van der Waals surface area contributed by atoms with Crippen LogP contribution in [0.15, 0.2) is 0 Å². The summed E-state index contributed by atoms with van der Waals surface area (Å²) in [4.78, 5) is 0. The summed E-state index contributed by atoms with van der Waals surface area (Å²) >= 11 is 0. The average Bonchev–Trinajstić information content (AvgIpc) is 2.82. The molecule has 1 saturated heterocycles. The zero-order valence-electron chi connectivity index (χ0n) is 18.4. The monoisotopic (exact) mass is 419 g/mol. The lowest BCUT2D eigenvalue weighted by Crippen LogP contribution is -2.57. The summed E-state index contributed by atoms with van der Waals surface area (Å²) in [6.07, 6.45) is 19.7. The van der Waals surface area contributed by atoms with Gasteiger partial charge in [0.2, 0.25) is 0 Å². The molecule has 0 aromatic heterocycles. The number of hydrogen-bond donors (Lipinski definition) is 2. The first-order valence-corrected chi connectivity index (χ1v) is 13.6. The number of nitrogens with two attached hydrogens (primary N) is 1. The van der Waals surface area contributed by atoms with Crippen LogP contribution in [0.5, 0.6) is 0 Å². The van der Waals surface area contributed by atoms with Gasteiger partial charge in [0, 0.05) is 5.92 Å². The first kappa shape index (κ1) is 25.9. The Morgan fingerprint density at radius 2 is 1.29 bits per heavy atom. The molecule has 1 aliphatic heterocycles. The molecule has 0 bridgehead atoms. The van der Waals surface area contributed by atoms with Gasteiger partial charge in [-0.2, -0.15) is 14.3 Å². The number of quaternary nitrogens is 1. The second kappa shape index (κ2) is 14.8. The standard InChI is InChI=1S/C22H46N2O3S/c1-2-3-4-5-6-7-8-9-10-11-14-17-22(21-28(25,26)27)20-24(23)18-15-12-13-16-19-24/h22H,2-21,23H2,1H3/p+1/t22-/m1/s1. The number of likely N-dealkylation sites (tertiary alicyclic amines) is 1. The zero-order valence-corrected chi connectivity index (χ0v) is 19.2. The van der Waals surface area contributed by atoms with E-state index in [1.807, 2.05) is 0 Å². The minimum atomic E-state index is -3.94. The molecule has 0 amide bonds. The van der Waals surface area contributed by atoms with Crippen LogP contribution in [0.3, 0.4) is 0 Å². The Hall–Kier alpha value is -0.170. The summed E-state index contributed by atoms with van der Waals surface area (Å²) < 4.78 is 32.8. The molecule has 28 heavy (non-hydrogen) atoms. The van der Waals surface area contributed by atoms with E-state index in [0.29, 0.717) is 11.1 Å². The Bertz CT molecular complexity index is 474. The third-order valence-electron chi connectivity index (χ3n) is 6.24. The van der Waals surface area contributed by atoms with Gasteiger partial charge in [-0.3, -0.25) is 4.55 Å². The number of rotatable bonds is 16. The van der Waals surface area contributed by atoms with Crippen molar-refractivity contribution in [2.24, 2.45) is 11.8 Å². The molecule has 0 saturated carbocycles. The Morgan fingerprint density at radius 3 is 1.75 bits per heavy atom. The molecule has 1 atom stereocenters. The molecule has 0 aliphatic carbocycles. The normalized spacial score (nSPS) is 18.7. The number of unbranched alkanes of at least 4 members (excludes halogenated alkanes) is 10. The molecule has 1 rings (SSSR count). The van der Waals surface area contributed by atoms with Gasteiger partial charge in [-0.15, -0.1) is 0 Å². The van der Waals surface area contributed by atoms with Gasteiger partial charge in [-0.1, -0.05) is 77.6 Å². The van der Waals surface area contributed by atoms with E-state index in [-0.39, 0.29) is 11.7 Å². The summed E-state index contributed by atoms with van der Waals surface area (Å²) in [5.74, 6) is 6.40. The van der Waals surface area contributed by atoms with Gasteiger partial charge in [0.25, 0.3) is 10.1 Å². The maximum Gasteiger partial charge on any atom is 0.265 e. The van der Waals surface area contributed by atoms with Gasteiger partial charge in [0.05, 0.1) is 25.4 Å². The van der Waals surface area contributed by atoms with E-state index in [1.165, 1.54) is 70.6 Å². The van der Waals surface area contributed by atoms with Gasteiger partial charge < -0.3 is 0 Å². The molecule has 0 aromatic rings. The molecule has 0 aromatic carbocycles. The lowest BCUT2D eigenvalue weighted by Gasteiger charge is -2.34. The van der Waals surface area contributed by atoms with Crippen LogP contribution in [0.1, 0.15) is 110 Å². The van der Waals surface area contributed by atoms with Gasteiger partial charge in [0.1, 0.15) is 0 Å². The highest BCUT2D eigenvalue weighted by Crippen LogP contribution is 2.21. The van der Waals surface area contributed by atoms with Crippen LogP contribution in [-0.4, -0.2) is 42.9 Å². The fourth-order valence-electron chi connectivity index (χ4n) is 4.64. The maximum absolute atomic E-state index is 11.5. The van der Waals surface area contributed by atoms with E-state index >= 15 is 0 Å².